The summed E-state index contributed by atoms with van der Waals surface area (Å²) < 4.78 is 0. The molecule has 98 valence electrons. The summed E-state index contributed by atoms with van der Waals surface area (Å²) in [6.07, 6.45) is 0. The topological polar surface area (TPSA) is 70.4 Å². The molecule has 0 saturated carbocycles. The van der Waals surface area contributed by atoms with E-state index in [-0.39, 0.29) is 12.3 Å². The summed E-state index contributed by atoms with van der Waals surface area (Å²) in [5.74, 6) is -0.404. The number of carboxylic acid groups (broad SMARTS) is 1. The van der Waals surface area contributed by atoms with Crippen LogP contribution in [0.15, 0.2) is 47.4 Å². The van der Waals surface area contributed by atoms with Crippen LogP contribution in [0.25, 0.3) is 0 Å². The first-order valence-electron chi connectivity index (χ1n) is 5.71. The Bertz CT molecular complexity index is 569. The SMILES string of the molecule is O=C(O)c1cccc(CSc2ccc(CO)cc2)n1. The van der Waals surface area contributed by atoms with Crippen LogP contribution in [0.2, 0.25) is 0 Å². The summed E-state index contributed by atoms with van der Waals surface area (Å²) in [4.78, 5) is 15.9. The zero-order valence-corrected chi connectivity index (χ0v) is 10.9. The van der Waals surface area contributed by atoms with Gasteiger partial charge in [-0.25, -0.2) is 9.78 Å². The van der Waals surface area contributed by atoms with Crippen molar-refractivity contribution < 1.29 is 15.0 Å². The Hall–Kier alpha value is -1.85. The Kier molecular flexibility index (Phi) is 4.54. The second-order valence-electron chi connectivity index (χ2n) is 3.91. The lowest BCUT2D eigenvalue weighted by molar-refractivity contribution is 0.0690. The smallest absolute Gasteiger partial charge is 0.354 e. The number of rotatable bonds is 5. The first-order chi connectivity index (χ1) is 9.19. The monoisotopic (exact) mass is 275 g/mol. The molecule has 0 bridgehead atoms. The lowest BCUT2D eigenvalue weighted by Gasteiger charge is -2.03. The summed E-state index contributed by atoms with van der Waals surface area (Å²) in [6.45, 7) is 0.0349. The van der Waals surface area contributed by atoms with Crippen molar-refractivity contribution in [2.75, 3.05) is 0 Å². The molecule has 2 aromatic rings. The fraction of sp³-hybridized carbons (Fsp3) is 0.143. The van der Waals surface area contributed by atoms with Crippen LogP contribution in [0.5, 0.6) is 0 Å². The largest absolute Gasteiger partial charge is 0.477 e. The summed E-state index contributed by atoms with van der Waals surface area (Å²) in [5, 5.41) is 17.8. The fourth-order valence-corrected chi connectivity index (χ4v) is 2.33. The number of nitrogens with zero attached hydrogens (tertiary/aromatic N) is 1. The molecule has 0 atom stereocenters. The Morgan fingerprint density at radius 1 is 1.16 bits per heavy atom. The van der Waals surface area contributed by atoms with E-state index in [0.717, 1.165) is 16.2 Å². The van der Waals surface area contributed by atoms with E-state index in [2.05, 4.69) is 4.98 Å². The number of aromatic nitrogens is 1. The maximum atomic E-state index is 10.8. The third kappa shape index (κ3) is 3.81. The van der Waals surface area contributed by atoms with Crippen molar-refractivity contribution in [3.8, 4) is 0 Å². The minimum atomic E-state index is -1.01. The molecular weight excluding hydrogens is 262 g/mol. The minimum Gasteiger partial charge on any atom is -0.477 e. The molecule has 2 rings (SSSR count). The van der Waals surface area contributed by atoms with Crippen molar-refractivity contribution in [2.24, 2.45) is 0 Å². The van der Waals surface area contributed by atoms with Gasteiger partial charge in [0, 0.05) is 10.6 Å². The third-order valence-corrected chi connectivity index (χ3v) is 3.56. The van der Waals surface area contributed by atoms with Crippen molar-refractivity contribution >= 4 is 17.7 Å². The van der Waals surface area contributed by atoms with Gasteiger partial charge in [-0.15, -0.1) is 11.8 Å². The lowest BCUT2D eigenvalue weighted by Crippen LogP contribution is -2.01. The van der Waals surface area contributed by atoms with Crippen molar-refractivity contribution in [1.82, 2.24) is 4.98 Å². The molecule has 4 nitrogen and oxygen atoms in total. The standard InChI is InChI=1S/C14H13NO3S/c16-8-10-4-6-12(7-5-10)19-9-11-2-1-3-13(15-11)14(17)18/h1-7,16H,8-9H2,(H,17,18). The van der Waals surface area contributed by atoms with Gasteiger partial charge in [0.2, 0.25) is 0 Å². The minimum absolute atomic E-state index is 0.0349. The molecule has 2 N–H and O–H groups in total. The predicted octanol–water partition coefficient (Wildman–Crippen LogP) is 2.56. The van der Waals surface area contributed by atoms with E-state index in [1.807, 2.05) is 30.3 Å². The first-order valence-corrected chi connectivity index (χ1v) is 6.69. The predicted molar refractivity (Wildman–Crippen MR) is 73.1 cm³/mol. The maximum absolute atomic E-state index is 10.8. The molecule has 0 saturated heterocycles. The normalized spacial score (nSPS) is 10.4. The Labute approximate surface area is 115 Å². The number of aromatic carboxylic acids is 1. The van der Waals surface area contributed by atoms with Crippen LogP contribution in [-0.4, -0.2) is 21.2 Å². The highest BCUT2D eigenvalue weighted by molar-refractivity contribution is 7.98. The van der Waals surface area contributed by atoms with Crippen molar-refractivity contribution in [1.29, 1.82) is 0 Å². The summed E-state index contributed by atoms with van der Waals surface area (Å²) in [6, 6.07) is 12.6. The zero-order chi connectivity index (χ0) is 13.7. The van der Waals surface area contributed by atoms with Gasteiger partial charge in [-0.05, 0) is 29.8 Å². The Morgan fingerprint density at radius 2 is 1.89 bits per heavy atom. The molecule has 5 heteroatoms. The number of hydrogen-bond acceptors (Lipinski definition) is 4. The number of aliphatic hydroxyl groups is 1. The molecule has 0 fully saturated rings. The molecule has 0 aliphatic heterocycles. The molecule has 0 aliphatic rings. The molecule has 1 aromatic carbocycles. The van der Waals surface area contributed by atoms with Gasteiger partial charge in [0.05, 0.1) is 12.3 Å². The van der Waals surface area contributed by atoms with Crippen molar-refractivity contribution in [3.05, 3.63) is 59.4 Å². The molecule has 0 unspecified atom stereocenters. The van der Waals surface area contributed by atoms with E-state index >= 15 is 0 Å². The number of thioether (sulfide) groups is 1. The van der Waals surface area contributed by atoms with Crippen LogP contribution in [0.3, 0.4) is 0 Å². The highest BCUT2D eigenvalue weighted by Gasteiger charge is 2.05. The highest BCUT2D eigenvalue weighted by atomic mass is 32.2. The quantitative estimate of drug-likeness (QED) is 0.821. The average Bonchev–Trinajstić information content (AvgIpc) is 2.46. The number of hydrogen-bond donors (Lipinski definition) is 2. The van der Waals surface area contributed by atoms with E-state index in [1.165, 1.54) is 6.07 Å². The average molecular weight is 275 g/mol. The molecule has 0 amide bonds. The lowest BCUT2D eigenvalue weighted by atomic mass is 10.2. The fourth-order valence-electron chi connectivity index (χ4n) is 1.53. The molecule has 1 aromatic heterocycles. The van der Waals surface area contributed by atoms with E-state index in [9.17, 15) is 4.79 Å². The van der Waals surface area contributed by atoms with E-state index in [4.69, 9.17) is 10.2 Å². The number of carboxylic acids is 1. The molecule has 0 radical (unpaired) electrons. The van der Waals surface area contributed by atoms with E-state index in [0.29, 0.717) is 5.75 Å². The second-order valence-corrected chi connectivity index (χ2v) is 4.96. The van der Waals surface area contributed by atoms with E-state index in [1.54, 1.807) is 17.8 Å². The molecule has 1 heterocycles. The third-order valence-electron chi connectivity index (χ3n) is 2.52. The second kappa shape index (κ2) is 6.36. The number of pyridine rings is 1. The van der Waals surface area contributed by atoms with Gasteiger partial charge in [-0.2, -0.15) is 0 Å². The first kappa shape index (κ1) is 13.6. The molecule has 19 heavy (non-hydrogen) atoms. The van der Waals surface area contributed by atoms with Gasteiger partial charge in [0.1, 0.15) is 5.69 Å². The van der Waals surface area contributed by atoms with Gasteiger partial charge in [-0.1, -0.05) is 18.2 Å². The van der Waals surface area contributed by atoms with Gasteiger partial charge in [-0.3, -0.25) is 0 Å². The Balaban J connectivity index is 2.01. The van der Waals surface area contributed by atoms with Crippen LogP contribution >= 0.6 is 11.8 Å². The molecular formula is C14H13NO3S. The van der Waals surface area contributed by atoms with Crippen LogP contribution in [0.1, 0.15) is 21.7 Å². The van der Waals surface area contributed by atoms with Crippen LogP contribution in [-0.2, 0) is 12.4 Å². The van der Waals surface area contributed by atoms with Crippen molar-refractivity contribution in [3.63, 3.8) is 0 Å². The number of benzene rings is 1. The summed E-state index contributed by atoms with van der Waals surface area (Å²) in [7, 11) is 0. The van der Waals surface area contributed by atoms with E-state index < -0.39 is 5.97 Å². The van der Waals surface area contributed by atoms with Gasteiger partial charge in [0.15, 0.2) is 0 Å². The van der Waals surface area contributed by atoms with Crippen LogP contribution in [0, 0.1) is 0 Å². The van der Waals surface area contributed by atoms with Crippen LogP contribution in [0.4, 0.5) is 0 Å². The number of carbonyl (C=O) groups is 1. The van der Waals surface area contributed by atoms with Gasteiger partial charge < -0.3 is 10.2 Å². The highest BCUT2D eigenvalue weighted by Crippen LogP contribution is 2.22. The van der Waals surface area contributed by atoms with Gasteiger partial charge >= 0.3 is 5.97 Å². The molecule has 0 aliphatic carbocycles. The molecule has 0 spiro atoms. The summed E-state index contributed by atoms with van der Waals surface area (Å²) in [5.41, 5.74) is 1.67. The number of aliphatic hydroxyl groups excluding tert-OH is 1. The summed E-state index contributed by atoms with van der Waals surface area (Å²) >= 11 is 1.58. The van der Waals surface area contributed by atoms with Crippen molar-refractivity contribution in [2.45, 2.75) is 17.3 Å². The van der Waals surface area contributed by atoms with Gasteiger partial charge in [0.25, 0.3) is 0 Å². The van der Waals surface area contributed by atoms with Crippen LogP contribution < -0.4 is 0 Å². The zero-order valence-electron chi connectivity index (χ0n) is 10.1. The Morgan fingerprint density at radius 3 is 2.53 bits per heavy atom. The maximum Gasteiger partial charge on any atom is 0.354 e.